The van der Waals surface area contributed by atoms with Crippen molar-refractivity contribution in [2.45, 2.75) is 43.9 Å². The highest BCUT2D eigenvalue weighted by molar-refractivity contribution is 5.78. The number of carbonyl (C=O) groups excluding carboxylic acids is 1. The monoisotopic (exact) mass is 401 g/mol. The molecule has 1 amide bonds. The Morgan fingerprint density at radius 3 is 2.10 bits per heavy atom. The first kappa shape index (κ1) is 21.4. The quantitative estimate of drug-likeness (QED) is 0.491. The molecule has 0 unspecified atom stereocenters. The predicted molar refractivity (Wildman–Crippen MR) is 105 cm³/mol. The number of hydrogen-bond donors (Lipinski definition) is 4. The summed E-state index contributed by atoms with van der Waals surface area (Å²) in [6.07, 6.45) is -3.16. The second-order valence-electron chi connectivity index (χ2n) is 7.24. The highest BCUT2D eigenvalue weighted by Crippen LogP contribution is 2.21. The molecule has 1 fully saturated rings. The maximum absolute atomic E-state index is 12.8. The van der Waals surface area contributed by atoms with Gasteiger partial charge in [-0.1, -0.05) is 60.7 Å². The third-order valence-corrected chi connectivity index (χ3v) is 5.03. The van der Waals surface area contributed by atoms with Gasteiger partial charge in [-0.25, -0.2) is 10.3 Å². The van der Waals surface area contributed by atoms with Crippen molar-refractivity contribution in [2.75, 3.05) is 6.61 Å². The van der Waals surface area contributed by atoms with Gasteiger partial charge in [0.2, 0.25) is 5.91 Å². The number of carbonyl (C=O) groups is 1. The molecule has 0 saturated carbocycles. The number of amides is 1. The largest absolute Gasteiger partial charge is 0.394 e. The maximum atomic E-state index is 12.8. The Morgan fingerprint density at radius 1 is 1.03 bits per heavy atom. The molecule has 0 aromatic heterocycles. The second-order valence-corrected chi connectivity index (χ2v) is 7.24. The van der Waals surface area contributed by atoms with Crippen LogP contribution in [-0.4, -0.2) is 52.4 Å². The fourth-order valence-corrected chi connectivity index (χ4v) is 3.40. The fourth-order valence-electron chi connectivity index (χ4n) is 3.40. The van der Waals surface area contributed by atoms with Gasteiger partial charge in [0.25, 0.3) is 0 Å². The number of hydroxylamine groups is 1. The van der Waals surface area contributed by atoms with Gasteiger partial charge < -0.3 is 20.1 Å². The van der Waals surface area contributed by atoms with Gasteiger partial charge in [0.15, 0.2) is 6.29 Å². The standard InChI is InChI=1S/C22H27NO6/c24-14-19-21(26)18(25)13-20(28-19)29-23-22(27)17(11-15-7-3-1-4-8-15)12-16-9-5-2-6-10-16/h1-10,17-21,24-26H,11-14H2,(H,23,27)/t18-,19-,20-,21+/m1/s1. The Kier molecular flexibility index (Phi) is 7.74. The van der Waals surface area contributed by atoms with Gasteiger partial charge in [0.05, 0.1) is 12.7 Å². The summed E-state index contributed by atoms with van der Waals surface area (Å²) in [5.41, 5.74) is 4.51. The molecule has 2 aromatic rings. The van der Waals surface area contributed by atoms with E-state index in [0.717, 1.165) is 11.1 Å². The first-order valence-corrected chi connectivity index (χ1v) is 9.72. The van der Waals surface area contributed by atoms with Crippen molar-refractivity contribution in [3.05, 3.63) is 71.8 Å². The summed E-state index contributed by atoms with van der Waals surface area (Å²) in [4.78, 5) is 18.2. The van der Waals surface area contributed by atoms with Gasteiger partial charge in [-0.05, 0) is 24.0 Å². The molecule has 0 radical (unpaired) electrons. The van der Waals surface area contributed by atoms with Crippen LogP contribution in [0.5, 0.6) is 0 Å². The summed E-state index contributed by atoms with van der Waals surface area (Å²) in [6.45, 7) is -0.462. The third kappa shape index (κ3) is 6.09. The Hall–Kier alpha value is -2.29. The van der Waals surface area contributed by atoms with E-state index in [1.807, 2.05) is 60.7 Å². The lowest BCUT2D eigenvalue weighted by molar-refractivity contribution is -0.272. The van der Waals surface area contributed by atoms with Crippen molar-refractivity contribution in [3.63, 3.8) is 0 Å². The number of aliphatic hydroxyl groups is 3. The van der Waals surface area contributed by atoms with Gasteiger partial charge in [0, 0.05) is 12.3 Å². The summed E-state index contributed by atoms with van der Waals surface area (Å²) >= 11 is 0. The fraction of sp³-hybridized carbons (Fsp3) is 0.409. The topological polar surface area (TPSA) is 108 Å². The van der Waals surface area contributed by atoms with Gasteiger partial charge in [0.1, 0.15) is 12.2 Å². The molecule has 156 valence electrons. The van der Waals surface area contributed by atoms with Gasteiger partial charge >= 0.3 is 0 Å². The first-order chi connectivity index (χ1) is 14.1. The molecule has 7 heteroatoms. The lowest BCUT2D eigenvalue weighted by atomic mass is 9.92. The van der Waals surface area contributed by atoms with Crippen molar-refractivity contribution in [1.29, 1.82) is 0 Å². The Morgan fingerprint density at radius 2 is 1.59 bits per heavy atom. The van der Waals surface area contributed by atoms with Crippen LogP contribution in [-0.2, 0) is 27.2 Å². The van der Waals surface area contributed by atoms with Crippen molar-refractivity contribution < 1.29 is 29.7 Å². The molecule has 0 aliphatic carbocycles. The first-order valence-electron chi connectivity index (χ1n) is 9.72. The normalized spacial score (nSPS) is 24.4. The minimum absolute atomic E-state index is 0.0139. The van der Waals surface area contributed by atoms with Crippen LogP contribution in [0.2, 0.25) is 0 Å². The average Bonchev–Trinajstić information content (AvgIpc) is 2.75. The summed E-state index contributed by atoms with van der Waals surface area (Å²) < 4.78 is 5.39. The van der Waals surface area contributed by atoms with E-state index < -0.39 is 31.2 Å². The molecule has 0 spiro atoms. The predicted octanol–water partition coefficient (Wildman–Crippen LogP) is 0.965. The minimum Gasteiger partial charge on any atom is -0.394 e. The molecule has 1 heterocycles. The molecule has 29 heavy (non-hydrogen) atoms. The van der Waals surface area contributed by atoms with Crippen LogP contribution in [0.3, 0.4) is 0 Å². The average molecular weight is 401 g/mol. The lowest BCUT2D eigenvalue weighted by Gasteiger charge is -2.35. The molecule has 7 nitrogen and oxygen atoms in total. The van der Waals surface area contributed by atoms with Crippen LogP contribution >= 0.6 is 0 Å². The summed E-state index contributed by atoms with van der Waals surface area (Å²) in [6, 6.07) is 19.5. The maximum Gasteiger partial charge on any atom is 0.247 e. The highest BCUT2D eigenvalue weighted by Gasteiger charge is 2.37. The van der Waals surface area contributed by atoms with Crippen LogP contribution < -0.4 is 5.48 Å². The zero-order valence-electron chi connectivity index (χ0n) is 16.1. The van der Waals surface area contributed by atoms with E-state index in [2.05, 4.69) is 5.48 Å². The lowest BCUT2D eigenvalue weighted by Crippen LogP contribution is -2.52. The van der Waals surface area contributed by atoms with Crippen LogP contribution in [0.1, 0.15) is 17.5 Å². The van der Waals surface area contributed by atoms with E-state index in [4.69, 9.17) is 9.57 Å². The van der Waals surface area contributed by atoms with Crippen molar-refractivity contribution in [3.8, 4) is 0 Å². The second kappa shape index (κ2) is 10.5. The van der Waals surface area contributed by atoms with E-state index in [0.29, 0.717) is 12.8 Å². The smallest absolute Gasteiger partial charge is 0.247 e. The van der Waals surface area contributed by atoms with Gasteiger partial charge in [-0.3, -0.25) is 4.79 Å². The molecular weight excluding hydrogens is 374 g/mol. The number of benzene rings is 2. The zero-order valence-corrected chi connectivity index (χ0v) is 16.1. The van der Waals surface area contributed by atoms with Crippen LogP contribution in [0.4, 0.5) is 0 Å². The molecular formula is C22H27NO6. The SMILES string of the molecule is O=C(NO[C@@H]1C[C@@H](O)[C@H](O)[C@@H](CO)O1)C(Cc1ccccc1)Cc1ccccc1. The highest BCUT2D eigenvalue weighted by atomic mass is 16.8. The van der Waals surface area contributed by atoms with E-state index >= 15 is 0 Å². The summed E-state index contributed by atoms with van der Waals surface area (Å²) in [5, 5.41) is 28.9. The number of hydrogen-bond acceptors (Lipinski definition) is 6. The van der Waals surface area contributed by atoms with Crippen molar-refractivity contribution in [1.82, 2.24) is 5.48 Å². The van der Waals surface area contributed by atoms with E-state index in [1.54, 1.807) is 0 Å². The molecule has 2 aromatic carbocycles. The Bertz CT molecular complexity index is 715. The molecule has 4 atom stereocenters. The van der Waals surface area contributed by atoms with E-state index in [9.17, 15) is 20.1 Å². The minimum atomic E-state index is -1.19. The molecule has 1 aliphatic rings. The molecule has 3 rings (SSSR count). The number of nitrogens with one attached hydrogen (secondary N) is 1. The van der Waals surface area contributed by atoms with Crippen LogP contribution in [0.15, 0.2) is 60.7 Å². The van der Waals surface area contributed by atoms with Gasteiger partial charge in [-0.15, -0.1) is 0 Å². The summed E-state index contributed by atoms with van der Waals surface area (Å²) in [7, 11) is 0. The van der Waals surface area contributed by atoms with Crippen molar-refractivity contribution >= 4 is 5.91 Å². The van der Waals surface area contributed by atoms with Gasteiger partial charge in [-0.2, -0.15) is 0 Å². The van der Waals surface area contributed by atoms with E-state index in [-0.39, 0.29) is 18.2 Å². The van der Waals surface area contributed by atoms with Crippen molar-refractivity contribution in [2.24, 2.45) is 5.92 Å². The van der Waals surface area contributed by atoms with E-state index in [1.165, 1.54) is 0 Å². The number of aliphatic hydroxyl groups excluding tert-OH is 3. The Labute approximate surface area is 169 Å². The number of rotatable bonds is 8. The zero-order chi connectivity index (χ0) is 20.6. The molecule has 0 bridgehead atoms. The molecule has 4 N–H and O–H groups in total. The molecule has 1 aliphatic heterocycles. The third-order valence-electron chi connectivity index (χ3n) is 5.03. The van der Waals surface area contributed by atoms with Crippen LogP contribution in [0, 0.1) is 5.92 Å². The molecule has 1 saturated heterocycles. The van der Waals surface area contributed by atoms with Crippen LogP contribution in [0.25, 0.3) is 0 Å². The number of ether oxygens (including phenoxy) is 1. The summed E-state index contributed by atoms with van der Waals surface area (Å²) in [5.74, 6) is -0.671. The Balaban J connectivity index is 1.63.